The number of ether oxygens (including phenoxy) is 2. The second-order valence-corrected chi connectivity index (χ2v) is 6.60. The van der Waals surface area contributed by atoms with Gasteiger partial charge < -0.3 is 14.8 Å². The van der Waals surface area contributed by atoms with Crippen molar-refractivity contribution in [3.05, 3.63) is 23.8 Å². The first-order valence-electron chi connectivity index (χ1n) is 7.44. The minimum Gasteiger partial charge on any atom is -0.496 e. The molecule has 0 fully saturated rings. The van der Waals surface area contributed by atoms with E-state index >= 15 is 0 Å². The lowest BCUT2D eigenvalue weighted by atomic mass is 10.2. The van der Waals surface area contributed by atoms with Crippen molar-refractivity contribution in [3.8, 4) is 5.75 Å². The molecule has 0 aliphatic rings. The van der Waals surface area contributed by atoms with Crippen molar-refractivity contribution in [2.75, 3.05) is 20.3 Å². The molecule has 0 atom stereocenters. The van der Waals surface area contributed by atoms with Crippen LogP contribution in [0.2, 0.25) is 0 Å². The maximum atomic E-state index is 12.1. The third-order valence-corrected chi connectivity index (χ3v) is 4.07. The van der Waals surface area contributed by atoms with E-state index in [0.717, 1.165) is 25.3 Å². The van der Waals surface area contributed by atoms with E-state index in [0.29, 0.717) is 6.54 Å². The number of hydrogen-bond acceptors (Lipinski definition) is 6. The third kappa shape index (κ3) is 6.17. The molecule has 3 N–H and O–H groups in total. The number of sulfonamides is 1. The second-order valence-electron chi connectivity index (χ2n) is 5.04. The Morgan fingerprint density at radius 3 is 2.54 bits per heavy atom. The fourth-order valence-corrected chi connectivity index (χ4v) is 2.43. The van der Waals surface area contributed by atoms with Gasteiger partial charge in [0.25, 0.3) is 5.91 Å². The standard InChI is InChI=1S/C15H22N2O6S/c1-3-4-5-8-17-14(18)10-23-15(19)12-9-11(24(16,20)21)6-7-13(12)22-2/h6-7,9H,3-5,8,10H2,1-2H3,(H,17,18)(H2,16,20,21). The molecule has 1 aromatic carbocycles. The topological polar surface area (TPSA) is 125 Å². The van der Waals surface area contributed by atoms with Crippen LogP contribution in [0.3, 0.4) is 0 Å². The van der Waals surface area contributed by atoms with Crippen LogP contribution >= 0.6 is 0 Å². The summed E-state index contributed by atoms with van der Waals surface area (Å²) in [5.74, 6) is -1.18. The highest BCUT2D eigenvalue weighted by molar-refractivity contribution is 7.89. The number of methoxy groups -OCH3 is 1. The molecule has 0 spiro atoms. The van der Waals surface area contributed by atoms with Crippen LogP contribution in [-0.4, -0.2) is 40.6 Å². The van der Waals surface area contributed by atoms with E-state index in [1.807, 2.05) is 6.92 Å². The average Bonchev–Trinajstić information content (AvgIpc) is 2.55. The minimum absolute atomic E-state index is 0.121. The van der Waals surface area contributed by atoms with Gasteiger partial charge in [-0.2, -0.15) is 0 Å². The molecule has 24 heavy (non-hydrogen) atoms. The molecule has 0 saturated heterocycles. The Hall–Kier alpha value is -2.13. The zero-order valence-corrected chi connectivity index (χ0v) is 14.5. The van der Waals surface area contributed by atoms with Crippen LogP contribution < -0.4 is 15.2 Å². The van der Waals surface area contributed by atoms with E-state index in [9.17, 15) is 18.0 Å². The van der Waals surface area contributed by atoms with Gasteiger partial charge in [0, 0.05) is 6.54 Å². The molecule has 0 aliphatic carbocycles. The monoisotopic (exact) mass is 358 g/mol. The van der Waals surface area contributed by atoms with E-state index in [4.69, 9.17) is 14.6 Å². The lowest BCUT2D eigenvalue weighted by Gasteiger charge is -2.10. The average molecular weight is 358 g/mol. The van der Waals surface area contributed by atoms with E-state index in [1.54, 1.807) is 0 Å². The van der Waals surface area contributed by atoms with Crippen LogP contribution in [0.25, 0.3) is 0 Å². The molecule has 8 nitrogen and oxygen atoms in total. The molecule has 9 heteroatoms. The highest BCUT2D eigenvalue weighted by Gasteiger charge is 2.19. The summed E-state index contributed by atoms with van der Waals surface area (Å²) in [6.07, 6.45) is 2.88. The van der Waals surface area contributed by atoms with Gasteiger partial charge >= 0.3 is 5.97 Å². The molecule has 0 unspecified atom stereocenters. The first-order chi connectivity index (χ1) is 11.3. The summed E-state index contributed by atoms with van der Waals surface area (Å²) >= 11 is 0. The van der Waals surface area contributed by atoms with Gasteiger partial charge in [-0.3, -0.25) is 4.79 Å². The third-order valence-electron chi connectivity index (χ3n) is 3.16. The second kappa shape index (κ2) is 9.24. The highest BCUT2D eigenvalue weighted by Crippen LogP contribution is 2.22. The number of unbranched alkanes of at least 4 members (excludes halogenated alkanes) is 2. The number of esters is 1. The maximum absolute atomic E-state index is 12.1. The van der Waals surface area contributed by atoms with Crippen LogP contribution in [0.4, 0.5) is 0 Å². The van der Waals surface area contributed by atoms with Gasteiger partial charge in [-0.05, 0) is 24.6 Å². The number of nitrogens with two attached hydrogens (primary N) is 1. The molecule has 0 bridgehead atoms. The number of primary sulfonamides is 1. The molecule has 0 radical (unpaired) electrons. The quantitative estimate of drug-likeness (QED) is 0.497. The van der Waals surface area contributed by atoms with Crippen molar-refractivity contribution < 1.29 is 27.5 Å². The fourth-order valence-electron chi connectivity index (χ4n) is 1.89. The zero-order valence-electron chi connectivity index (χ0n) is 13.7. The number of rotatable bonds is 9. The first-order valence-corrected chi connectivity index (χ1v) is 8.99. The normalized spacial score (nSPS) is 11.0. The first kappa shape index (κ1) is 19.9. The maximum Gasteiger partial charge on any atom is 0.342 e. The number of benzene rings is 1. The molecular formula is C15H22N2O6S. The SMILES string of the molecule is CCCCCNC(=O)COC(=O)c1cc(S(N)(=O)=O)ccc1OC. The smallest absolute Gasteiger partial charge is 0.342 e. The molecule has 0 heterocycles. The summed E-state index contributed by atoms with van der Waals surface area (Å²) < 4.78 is 32.6. The van der Waals surface area contributed by atoms with Gasteiger partial charge in [0.1, 0.15) is 11.3 Å². The molecule has 0 aliphatic heterocycles. The van der Waals surface area contributed by atoms with Crippen molar-refractivity contribution in [1.29, 1.82) is 0 Å². The summed E-state index contributed by atoms with van der Waals surface area (Å²) in [7, 11) is -2.65. The largest absolute Gasteiger partial charge is 0.496 e. The Labute approximate surface area is 141 Å². The predicted octanol–water partition coefficient (Wildman–Crippen LogP) is 0.806. The van der Waals surface area contributed by atoms with Crippen molar-refractivity contribution in [2.45, 2.75) is 31.1 Å². The van der Waals surface area contributed by atoms with Gasteiger partial charge in [0.15, 0.2) is 6.61 Å². The van der Waals surface area contributed by atoms with Gasteiger partial charge in [-0.25, -0.2) is 18.4 Å². The van der Waals surface area contributed by atoms with Crippen LogP contribution in [0, 0.1) is 0 Å². The number of carbonyl (C=O) groups is 2. The van der Waals surface area contributed by atoms with Crippen LogP contribution in [0.15, 0.2) is 23.1 Å². The van der Waals surface area contributed by atoms with E-state index in [-0.39, 0.29) is 16.2 Å². The lowest BCUT2D eigenvalue weighted by Crippen LogP contribution is -2.29. The summed E-state index contributed by atoms with van der Waals surface area (Å²) in [4.78, 5) is 23.4. The Balaban J connectivity index is 2.71. The number of nitrogens with one attached hydrogen (secondary N) is 1. The van der Waals surface area contributed by atoms with Crippen LogP contribution in [-0.2, 0) is 19.6 Å². The minimum atomic E-state index is -3.98. The molecule has 134 valence electrons. The lowest BCUT2D eigenvalue weighted by molar-refractivity contribution is -0.124. The number of amides is 1. The molecule has 1 rings (SSSR count). The highest BCUT2D eigenvalue weighted by atomic mass is 32.2. The Morgan fingerprint density at radius 1 is 1.25 bits per heavy atom. The van der Waals surface area contributed by atoms with Gasteiger partial charge in [0.2, 0.25) is 10.0 Å². The summed E-state index contributed by atoms with van der Waals surface area (Å²) in [5.41, 5.74) is -0.122. The molecule has 0 aromatic heterocycles. The Kier molecular flexibility index (Phi) is 7.66. The summed E-state index contributed by atoms with van der Waals surface area (Å²) in [6, 6.07) is 3.56. The van der Waals surface area contributed by atoms with E-state index < -0.39 is 28.5 Å². The fraction of sp³-hybridized carbons (Fsp3) is 0.467. The Morgan fingerprint density at radius 2 is 1.96 bits per heavy atom. The molecule has 1 aromatic rings. The van der Waals surface area contributed by atoms with Gasteiger partial charge in [0.05, 0.1) is 12.0 Å². The van der Waals surface area contributed by atoms with Crippen molar-refractivity contribution in [1.82, 2.24) is 5.32 Å². The molecular weight excluding hydrogens is 336 g/mol. The molecule has 0 saturated carbocycles. The van der Waals surface area contributed by atoms with Crippen molar-refractivity contribution in [3.63, 3.8) is 0 Å². The van der Waals surface area contributed by atoms with Gasteiger partial charge in [-0.15, -0.1) is 0 Å². The van der Waals surface area contributed by atoms with E-state index in [1.165, 1.54) is 19.2 Å². The van der Waals surface area contributed by atoms with Crippen LogP contribution in [0.1, 0.15) is 36.5 Å². The van der Waals surface area contributed by atoms with Gasteiger partial charge in [-0.1, -0.05) is 19.8 Å². The molecule has 1 amide bonds. The zero-order chi connectivity index (χ0) is 18.2. The van der Waals surface area contributed by atoms with Crippen molar-refractivity contribution >= 4 is 21.9 Å². The van der Waals surface area contributed by atoms with E-state index in [2.05, 4.69) is 5.32 Å². The Bertz CT molecular complexity index is 687. The van der Waals surface area contributed by atoms with Crippen LogP contribution in [0.5, 0.6) is 5.75 Å². The summed E-state index contributed by atoms with van der Waals surface area (Å²) in [5, 5.41) is 7.66. The number of carbonyl (C=O) groups excluding carboxylic acids is 2. The summed E-state index contributed by atoms with van der Waals surface area (Å²) in [6.45, 7) is 2.09. The predicted molar refractivity (Wildman–Crippen MR) is 87.2 cm³/mol. The number of hydrogen-bond donors (Lipinski definition) is 2. The van der Waals surface area contributed by atoms with Crippen molar-refractivity contribution in [2.24, 2.45) is 5.14 Å².